The predicted octanol–water partition coefficient (Wildman–Crippen LogP) is 1.68. The Hall–Kier alpha value is -2.04. The zero-order chi connectivity index (χ0) is 13.5. The van der Waals surface area contributed by atoms with Crippen molar-refractivity contribution in [3.8, 4) is 0 Å². The largest absolute Gasteiger partial charge is 0.465 e. The van der Waals surface area contributed by atoms with Crippen LogP contribution in [0.3, 0.4) is 0 Å². The molecule has 0 spiro atoms. The quantitative estimate of drug-likeness (QED) is 0.616. The minimum atomic E-state index is -0.645. The van der Waals surface area contributed by atoms with Crippen LogP contribution in [-0.2, 0) is 14.9 Å². The molecule has 1 amide bonds. The number of hydrogen-bond acceptors (Lipinski definition) is 4. The van der Waals surface area contributed by atoms with Gasteiger partial charge in [0.15, 0.2) is 0 Å². The monoisotopic (exact) mass is 248 g/mol. The van der Waals surface area contributed by atoms with Gasteiger partial charge in [0.05, 0.1) is 23.8 Å². The molecule has 0 saturated carbocycles. The van der Waals surface area contributed by atoms with E-state index in [9.17, 15) is 9.59 Å². The molecule has 0 fully saturated rings. The van der Waals surface area contributed by atoms with Crippen LogP contribution >= 0.6 is 0 Å². The molecule has 0 aliphatic carbocycles. The van der Waals surface area contributed by atoms with E-state index in [4.69, 9.17) is 10.5 Å². The number of carbonyl (C=O) groups is 2. The Kier molecular flexibility index (Phi) is 2.77. The molecule has 96 valence electrons. The van der Waals surface area contributed by atoms with E-state index in [1.54, 1.807) is 6.07 Å². The molecule has 0 saturated heterocycles. The number of ether oxygens (including phenoxy) is 1. The van der Waals surface area contributed by atoms with E-state index in [-0.39, 0.29) is 5.91 Å². The van der Waals surface area contributed by atoms with Crippen molar-refractivity contribution in [3.63, 3.8) is 0 Å². The summed E-state index contributed by atoms with van der Waals surface area (Å²) in [6.45, 7) is 3.77. The van der Waals surface area contributed by atoms with E-state index in [0.717, 1.165) is 5.56 Å². The number of esters is 1. The predicted molar refractivity (Wildman–Crippen MR) is 68.5 cm³/mol. The molecule has 1 heterocycles. The Bertz CT molecular complexity index is 539. The van der Waals surface area contributed by atoms with Gasteiger partial charge in [0, 0.05) is 5.69 Å². The highest BCUT2D eigenvalue weighted by Gasteiger charge is 2.43. The van der Waals surface area contributed by atoms with Gasteiger partial charge < -0.3 is 15.8 Å². The number of nitrogen functional groups attached to an aromatic ring is 1. The van der Waals surface area contributed by atoms with Crippen molar-refractivity contribution < 1.29 is 14.3 Å². The first-order valence-corrected chi connectivity index (χ1v) is 5.77. The number of fused-ring (bicyclic) bond motifs is 1. The van der Waals surface area contributed by atoms with Gasteiger partial charge >= 0.3 is 5.97 Å². The summed E-state index contributed by atoms with van der Waals surface area (Å²) in [6.07, 6.45) is 0.635. The molecule has 1 aromatic carbocycles. The molecule has 1 aromatic rings. The van der Waals surface area contributed by atoms with E-state index in [1.165, 1.54) is 13.2 Å². The maximum atomic E-state index is 12.1. The van der Waals surface area contributed by atoms with Gasteiger partial charge in [0.2, 0.25) is 5.91 Å². The van der Waals surface area contributed by atoms with Crippen LogP contribution in [0.15, 0.2) is 12.1 Å². The zero-order valence-corrected chi connectivity index (χ0v) is 10.7. The molecule has 1 aliphatic heterocycles. The average molecular weight is 248 g/mol. The fraction of sp³-hybridized carbons (Fsp3) is 0.385. The van der Waals surface area contributed by atoms with Gasteiger partial charge in [-0.2, -0.15) is 0 Å². The summed E-state index contributed by atoms with van der Waals surface area (Å²) in [7, 11) is 1.30. The van der Waals surface area contributed by atoms with Crippen LogP contribution < -0.4 is 11.1 Å². The number of hydrogen-bond donors (Lipinski definition) is 2. The normalized spacial score (nSPS) is 21.4. The van der Waals surface area contributed by atoms with Gasteiger partial charge in [-0.15, -0.1) is 0 Å². The maximum Gasteiger partial charge on any atom is 0.340 e. The number of benzene rings is 1. The SMILES string of the molecule is CCC1(C)C(=O)Nc2c(C(=O)OC)cc(N)cc21. The minimum absolute atomic E-state index is 0.115. The van der Waals surface area contributed by atoms with Crippen molar-refractivity contribution in [1.82, 2.24) is 0 Å². The van der Waals surface area contributed by atoms with Crippen LogP contribution in [0.25, 0.3) is 0 Å². The lowest BCUT2D eigenvalue weighted by Crippen LogP contribution is -2.29. The summed E-state index contributed by atoms with van der Waals surface area (Å²) in [5.41, 5.74) is 7.18. The van der Waals surface area contributed by atoms with Crippen molar-refractivity contribution in [2.24, 2.45) is 0 Å². The molecule has 18 heavy (non-hydrogen) atoms. The second kappa shape index (κ2) is 4.01. The van der Waals surface area contributed by atoms with Crippen LogP contribution in [0.4, 0.5) is 11.4 Å². The van der Waals surface area contributed by atoms with E-state index in [2.05, 4.69) is 5.32 Å². The van der Waals surface area contributed by atoms with Crippen LogP contribution in [0.2, 0.25) is 0 Å². The highest BCUT2D eigenvalue weighted by Crippen LogP contribution is 2.43. The molecular formula is C13H16N2O3. The zero-order valence-electron chi connectivity index (χ0n) is 10.7. The van der Waals surface area contributed by atoms with E-state index >= 15 is 0 Å². The summed E-state index contributed by atoms with van der Waals surface area (Å²) in [5, 5.41) is 2.75. The molecule has 0 bridgehead atoms. The first-order valence-electron chi connectivity index (χ1n) is 5.77. The van der Waals surface area contributed by atoms with Gasteiger partial charge in [0.1, 0.15) is 0 Å². The molecule has 0 aromatic heterocycles. The number of nitrogens with two attached hydrogens (primary N) is 1. The summed E-state index contributed by atoms with van der Waals surface area (Å²) in [4.78, 5) is 23.8. The number of nitrogens with one attached hydrogen (secondary N) is 1. The third-order valence-corrected chi connectivity index (χ3v) is 3.61. The summed E-state index contributed by atoms with van der Waals surface area (Å²) < 4.78 is 4.71. The Morgan fingerprint density at radius 2 is 2.17 bits per heavy atom. The van der Waals surface area contributed by atoms with Crippen molar-refractivity contribution >= 4 is 23.3 Å². The minimum Gasteiger partial charge on any atom is -0.465 e. The summed E-state index contributed by atoms with van der Waals surface area (Å²) in [5.74, 6) is -0.616. The third kappa shape index (κ3) is 1.54. The summed E-state index contributed by atoms with van der Waals surface area (Å²) in [6, 6.07) is 3.26. The van der Waals surface area contributed by atoms with Crippen LogP contribution in [0.1, 0.15) is 36.2 Å². The van der Waals surface area contributed by atoms with Gasteiger partial charge in [-0.1, -0.05) is 6.92 Å². The van der Waals surface area contributed by atoms with Gasteiger partial charge in [-0.3, -0.25) is 4.79 Å². The number of carbonyl (C=O) groups excluding carboxylic acids is 2. The van der Waals surface area contributed by atoms with E-state index in [1.807, 2.05) is 13.8 Å². The lowest BCUT2D eigenvalue weighted by molar-refractivity contribution is -0.120. The lowest BCUT2D eigenvalue weighted by atomic mass is 9.80. The molecule has 5 heteroatoms. The smallest absolute Gasteiger partial charge is 0.340 e. The first kappa shape index (κ1) is 12.4. The van der Waals surface area contributed by atoms with E-state index in [0.29, 0.717) is 23.4 Å². The number of amides is 1. The molecular weight excluding hydrogens is 232 g/mol. The Labute approximate surface area is 105 Å². The number of rotatable bonds is 2. The molecule has 5 nitrogen and oxygen atoms in total. The van der Waals surface area contributed by atoms with Crippen LogP contribution in [0, 0.1) is 0 Å². The van der Waals surface area contributed by atoms with Crippen molar-refractivity contribution in [1.29, 1.82) is 0 Å². The van der Waals surface area contributed by atoms with Gasteiger partial charge in [0.25, 0.3) is 0 Å². The maximum absolute atomic E-state index is 12.1. The highest BCUT2D eigenvalue weighted by atomic mass is 16.5. The number of anilines is 2. The number of methoxy groups -OCH3 is 1. The highest BCUT2D eigenvalue weighted by molar-refractivity contribution is 6.12. The van der Waals surface area contributed by atoms with Crippen molar-refractivity contribution in [2.45, 2.75) is 25.7 Å². The fourth-order valence-electron chi connectivity index (χ4n) is 2.23. The molecule has 3 N–H and O–H groups in total. The molecule has 1 atom stereocenters. The van der Waals surface area contributed by atoms with Crippen molar-refractivity contribution in [2.75, 3.05) is 18.2 Å². The van der Waals surface area contributed by atoms with E-state index < -0.39 is 11.4 Å². The third-order valence-electron chi connectivity index (χ3n) is 3.61. The Morgan fingerprint density at radius 3 is 2.72 bits per heavy atom. The fourth-order valence-corrected chi connectivity index (χ4v) is 2.23. The topological polar surface area (TPSA) is 81.4 Å². The van der Waals surface area contributed by atoms with Crippen LogP contribution in [0.5, 0.6) is 0 Å². The van der Waals surface area contributed by atoms with Crippen LogP contribution in [-0.4, -0.2) is 19.0 Å². The standard InChI is InChI=1S/C13H16N2O3/c1-4-13(2)9-6-7(14)5-8(11(16)18-3)10(9)15-12(13)17/h5-6H,4,14H2,1-3H3,(H,15,17). The second-order valence-electron chi connectivity index (χ2n) is 4.62. The van der Waals surface area contributed by atoms with Gasteiger partial charge in [-0.25, -0.2) is 4.79 Å². The first-order chi connectivity index (χ1) is 8.43. The molecule has 0 radical (unpaired) electrons. The lowest BCUT2D eigenvalue weighted by Gasteiger charge is -2.20. The Balaban J connectivity index is 2.69. The van der Waals surface area contributed by atoms with Gasteiger partial charge in [-0.05, 0) is 31.0 Å². The molecule has 1 aliphatic rings. The molecule has 2 rings (SSSR count). The summed E-state index contributed by atoms with van der Waals surface area (Å²) >= 11 is 0. The molecule has 1 unspecified atom stereocenters. The average Bonchev–Trinajstić information content (AvgIpc) is 2.61. The second-order valence-corrected chi connectivity index (χ2v) is 4.62. The van der Waals surface area contributed by atoms with Crippen molar-refractivity contribution in [3.05, 3.63) is 23.3 Å². The Morgan fingerprint density at radius 1 is 1.50 bits per heavy atom.